The minimum atomic E-state index is -0.477. The van der Waals surface area contributed by atoms with Crippen LogP contribution in [0.15, 0.2) is 22.5 Å². The van der Waals surface area contributed by atoms with Crippen molar-refractivity contribution in [3.8, 4) is 0 Å². The lowest BCUT2D eigenvalue weighted by Gasteiger charge is -2.24. The first kappa shape index (κ1) is 15.5. The van der Waals surface area contributed by atoms with Crippen molar-refractivity contribution in [1.82, 2.24) is 16.0 Å². The summed E-state index contributed by atoms with van der Waals surface area (Å²) in [6.07, 6.45) is 0. The summed E-state index contributed by atoms with van der Waals surface area (Å²) in [5.74, 6) is 0.707. The molecule has 0 aliphatic carbocycles. The number of guanidine groups is 1. The second kappa shape index (κ2) is 7.13. The van der Waals surface area contributed by atoms with E-state index in [0.717, 1.165) is 6.54 Å². The Labute approximate surface area is 118 Å². The van der Waals surface area contributed by atoms with Crippen LogP contribution >= 0.6 is 11.3 Å². The van der Waals surface area contributed by atoms with Crippen molar-refractivity contribution in [2.75, 3.05) is 20.6 Å². The zero-order valence-electron chi connectivity index (χ0n) is 11.9. The molecular weight excluding hydrogens is 260 g/mol. The van der Waals surface area contributed by atoms with E-state index in [9.17, 15) is 4.79 Å². The third-order valence-electron chi connectivity index (χ3n) is 2.77. The second-order valence-corrected chi connectivity index (χ2v) is 5.85. The van der Waals surface area contributed by atoms with Crippen LogP contribution in [-0.4, -0.2) is 32.5 Å². The molecule has 0 spiro atoms. The van der Waals surface area contributed by atoms with Crippen LogP contribution in [0.25, 0.3) is 0 Å². The summed E-state index contributed by atoms with van der Waals surface area (Å²) in [7, 11) is 3.37. The minimum absolute atomic E-state index is 0.00806. The second-order valence-electron chi connectivity index (χ2n) is 4.82. The van der Waals surface area contributed by atoms with E-state index in [2.05, 4.69) is 27.0 Å². The van der Waals surface area contributed by atoms with Crippen molar-refractivity contribution in [2.24, 2.45) is 10.4 Å². The zero-order valence-corrected chi connectivity index (χ0v) is 12.7. The van der Waals surface area contributed by atoms with Gasteiger partial charge in [0.15, 0.2) is 5.96 Å². The average Bonchev–Trinajstić information content (AvgIpc) is 2.91. The van der Waals surface area contributed by atoms with Gasteiger partial charge in [-0.05, 0) is 25.3 Å². The van der Waals surface area contributed by atoms with E-state index in [1.54, 1.807) is 25.4 Å². The van der Waals surface area contributed by atoms with E-state index >= 15 is 0 Å². The first-order chi connectivity index (χ1) is 8.99. The van der Waals surface area contributed by atoms with Gasteiger partial charge in [0.2, 0.25) is 5.91 Å². The molecule has 1 heterocycles. The molecule has 0 aromatic carbocycles. The number of carbonyl (C=O) groups excluding carboxylic acids is 1. The highest BCUT2D eigenvalue weighted by Gasteiger charge is 2.26. The van der Waals surface area contributed by atoms with E-state index in [0.29, 0.717) is 12.5 Å². The fourth-order valence-corrected chi connectivity index (χ4v) is 2.17. The summed E-state index contributed by atoms with van der Waals surface area (Å²) in [5, 5.41) is 11.1. The number of carbonyl (C=O) groups is 1. The van der Waals surface area contributed by atoms with Gasteiger partial charge < -0.3 is 16.0 Å². The monoisotopic (exact) mass is 282 g/mol. The molecular formula is C13H22N4OS. The number of rotatable bonds is 5. The Morgan fingerprint density at radius 3 is 2.68 bits per heavy atom. The van der Waals surface area contributed by atoms with Crippen molar-refractivity contribution in [3.05, 3.63) is 22.4 Å². The lowest BCUT2D eigenvalue weighted by Crippen LogP contribution is -2.47. The molecule has 0 radical (unpaired) electrons. The maximum absolute atomic E-state index is 11.7. The number of nitrogens with one attached hydrogen (secondary N) is 3. The van der Waals surface area contributed by atoms with E-state index in [4.69, 9.17) is 0 Å². The molecule has 1 aromatic rings. The van der Waals surface area contributed by atoms with Crippen LogP contribution in [-0.2, 0) is 11.3 Å². The topological polar surface area (TPSA) is 65.5 Å². The molecule has 19 heavy (non-hydrogen) atoms. The molecule has 1 aromatic heterocycles. The number of hydrogen-bond donors (Lipinski definition) is 3. The van der Waals surface area contributed by atoms with Gasteiger partial charge in [-0.1, -0.05) is 6.07 Å². The summed E-state index contributed by atoms with van der Waals surface area (Å²) in [4.78, 5) is 17.1. The van der Waals surface area contributed by atoms with Crippen molar-refractivity contribution >= 4 is 23.2 Å². The van der Waals surface area contributed by atoms with Gasteiger partial charge in [0, 0.05) is 25.5 Å². The summed E-state index contributed by atoms with van der Waals surface area (Å²) >= 11 is 1.70. The van der Waals surface area contributed by atoms with E-state index < -0.39 is 5.41 Å². The Balaban J connectivity index is 2.43. The van der Waals surface area contributed by atoms with Crippen LogP contribution < -0.4 is 16.0 Å². The first-order valence-corrected chi connectivity index (χ1v) is 7.06. The molecule has 5 nitrogen and oxygen atoms in total. The Morgan fingerprint density at radius 1 is 1.42 bits per heavy atom. The number of hydrogen-bond acceptors (Lipinski definition) is 3. The standard InChI is InChI=1S/C13H22N4OS/c1-13(2,11(18)14-3)9-17-12(15-4)16-8-10-6-5-7-19-10/h5-7H,8-9H2,1-4H3,(H,14,18)(H2,15,16,17). The summed E-state index contributed by atoms with van der Waals surface area (Å²) in [5.41, 5.74) is -0.477. The first-order valence-electron chi connectivity index (χ1n) is 6.18. The van der Waals surface area contributed by atoms with Crippen LogP contribution in [0.5, 0.6) is 0 Å². The molecule has 0 fully saturated rings. The van der Waals surface area contributed by atoms with Gasteiger partial charge in [-0.3, -0.25) is 9.79 Å². The summed E-state index contributed by atoms with van der Waals surface area (Å²) in [6.45, 7) is 5.05. The molecule has 0 saturated carbocycles. The quantitative estimate of drug-likeness (QED) is 0.561. The summed E-state index contributed by atoms with van der Waals surface area (Å²) in [6, 6.07) is 4.09. The predicted molar refractivity (Wildman–Crippen MR) is 80.4 cm³/mol. The molecule has 106 valence electrons. The molecule has 6 heteroatoms. The van der Waals surface area contributed by atoms with Crippen LogP contribution in [0.1, 0.15) is 18.7 Å². The van der Waals surface area contributed by atoms with Gasteiger partial charge in [0.1, 0.15) is 0 Å². The van der Waals surface area contributed by atoms with Crippen molar-refractivity contribution < 1.29 is 4.79 Å². The maximum Gasteiger partial charge on any atom is 0.227 e. The zero-order chi connectivity index (χ0) is 14.3. The molecule has 1 rings (SSSR count). The van der Waals surface area contributed by atoms with Crippen molar-refractivity contribution in [2.45, 2.75) is 20.4 Å². The van der Waals surface area contributed by atoms with Crippen molar-refractivity contribution in [3.63, 3.8) is 0 Å². The Morgan fingerprint density at radius 2 is 2.16 bits per heavy atom. The van der Waals surface area contributed by atoms with Gasteiger partial charge in [-0.15, -0.1) is 11.3 Å². The van der Waals surface area contributed by atoms with Crippen LogP contribution in [0.3, 0.4) is 0 Å². The van der Waals surface area contributed by atoms with Gasteiger partial charge in [-0.2, -0.15) is 0 Å². The minimum Gasteiger partial charge on any atom is -0.359 e. The fraction of sp³-hybridized carbons (Fsp3) is 0.538. The lowest BCUT2D eigenvalue weighted by atomic mass is 9.92. The van der Waals surface area contributed by atoms with Crippen molar-refractivity contribution in [1.29, 1.82) is 0 Å². The Kier molecular flexibility index (Phi) is 5.82. The third kappa shape index (κ3) is 4.90. The predicted octanol–water partition coefficient (Wildman–Crippen LogP) is 1.19. The van der Waals surface area contributed by atoms with Gasteiger partial charge >= 0.3 is 0 Å². The molecule has 1 amide bonds. The van der Waals surface area contributed by atoms with Crippen LogP contribution in [0.2, 0.25) is 0 Å². The highest BCUT2D eigenvalue weighted by Crippen LogP contribution is 2.13. The number of nitrogens with zero attached hydrogens (tertiary/aromatic N) is 1. The number of amides is 1. The van der Waals surface area contributed by atoms with E-state index in [-0.39, 0.29) is 5.91 Å². The average molecular weight is 282 g/mol. The molecule has 0 saturated heterocycles. The summed E-state index contributed by atoms with van der Waals surface area (Å²) < 4.78 is 0. The Bertz CT molecular complexity index is 426. The molecule has 0 unspecified atom stereocenters. The molecule has 0 aliphatic heterocycles. The van der Waals surface area contributed by atoms with Crippen LogP contribution in [0.4, 0.5) is 0 Å². The van der Waals surface area contributed by atoms with Gasteiger partial charge in [-0.25, -0.2) is 0 Å². The fourth-order valence-electron chi connectivity index (χ4n) is 1.53. The SMILES string of the molecule is CN=C(NCc1cccs1)NCC(C)(C)C(=O)NC. The van der Waals surface area contributed by atoms with E-state index in [1.165, 1.54) is 4.88 Å². The smallest absolute Gasteiger partial charge is 0.227 e. The Hall–Kier alpha value is -1.56. The normalized spacial score (nSPS) is 12.1. The molecule has 3 N–H and O–H groups in total. The van der Waals surface area contributed by atoms with Gasteiger partial charge in [0.05, 0.1) is 12.0 Å². The lowest BCUT2D eigenvalue weighted by molar-refractivity contribution is -0.128. The highest BCUT2D eigenvalue weighted by molar-refractivity contribution is 7.09. The highest BCUT2D eigenvalue weighted by atomic mass is 32.1. The molecule has 0 bridgehead atoms. The largest absolute Gasteiger partial charge is 0.359 e. The molecule has 0 atom stereocenters. The maximum atomic E-state index is 11.7. The number of thiophene rings is 1. The molecule has 0 aliphatic rings. The van der Waals surface area contributed by atoms with Gasteiger partial charge in [0.25, 0.3) is 0 Å². The third-order valence-corrected chi connectivity index (χ3v) is 3.65. The van der Waals surface area contributed by atoms with Crippen LogP contribution in [0, 0.1) is 5.41 Å². The van der Waals surface area contributed by atoms with E-state index in [1.807, 2.05) is 25.3 Å². The number of aliphatic imine (C=N–C) groups is 1.